The number of aryl methyl sites for hydroxylation is 1. The van der Waals surface area contributed by atoms with Crippen LogP contribution in [0.2, 0.25) is 0 Å². The van der Waals surface area contributed by atoms with Gasteiger partial charge in [-0.05, 0) is 50.6 Å². The van der Waals surface area contributed by atoms with Crippen LogP contribution in [0.4, 0.5) is 0 Å². The van der Waals surface area contributed by atoms with Crippen LogP contribution in [0.3, 0.4) is 0 Å². The highest BCUT2D eigenvalue weighted by atomic mass is 32.2. The molecule has 0 amide bonds. The third-order valence-electron chi connectivity index (χ3n) is 4.81. The third kappa shape index (κ3) is 4.86. The molecule has 0 bridgehead atoms. The predicted octanol–water partition coefficient (Wildman–Crippen LogP) is 3.85. The zero-order chi connectivity index (χ0) is 21.0. The number of sulfonamides is 1. The van der Waals surface area contributed by atoms with Crippen molar-refractivity contribution in [1.29, 1.82) is 0 Å². The predicted molar refractivity (Wildman–Crippen MR) is 113 cm³/mol. The third-order valence-corrected chi connectivity index (χ3v) is 6.85. The molecule has 3 rings (SSSR count). The van der Waals surface area contributed by atoms with Gasteiger partial charge >= 0.3 is 0 Å². The van der Waals surface area contributed by atoms with Crippen molar-refractivity contribution in [2.45, 2.75) is 44.8 Å². The van der Waals surface area contributed by atoms with Crippen molar-refractivity contribution in [2.24, 2.45) is 0 Å². The molecule has 7 heteroatoms. The number of nitrogens with zero attached hydrogens (tertiary/aromatic N) is 3. The summed E-state index contributed by atoms with van der Waals surface area (Å²) in [4.78, 5) is 4.72. The fourth-order valence-corrected chi connectivity index (χ4v) is 4.68. The van der Waals surface area contributed by atoms with Crippen molar-refractivity contribution in [3.8, 4) is 5.75 Å². The van der Waals surface area contributed by atoms with Gasteiger partial charge < -0.3 is 9.30 Å². The van der Waals surface area contributed by atoms with E-state index < -0.39 is 10.0 Å². The molecule has 0 atom stereocenters. The summed E-state index contributed by atoms with van der Waals surface area (Å²) >= 11 is 0. The maximum atomic E-state index is 13.2. The van der Waals surface area contributed by atoms with Gasteiger partial charge in [0.15, 0.2) is 0 Å². The van der Waals surface area contributed by atoms with Gasteiger partial charge in [0.25, 0.3) is 0 Å². The monoisotopic (exact) mass is 413 g/mol. The molecule has 0 aliphatic heterocycles. The largest absolute Gasteiger partial charge is 0.497 e. The Morgan fingerprint density at radius 3 is 2.31 bits per heavy atom. The van der Waals surface area contributed by atoms with E-state index in [0.29, 0.717) is 17.3 Å². The fraction of sp³-hybridized carbons (Fsp3) is 0.318. The number of aromatic nitrogens is 2. The average Bonchev–Trinajstić information content (AvgIpc) is 3.13. The Labute approximate surface area is 172 Å². The van der Waals surface area contributed by atoms with E-state index >= 15 is 0 Å². The Morgan fingerprint density at radius 2 is 1.72 bits per heavy atom. The lowest BCUT2D eigenvalue weighted by Gasteiger charge is -2.26. The van der Waals surface area contributed by atoms with Crippen LogP contribution in [-0.4, -0.2) is 35.4 Å². The lowest BCUT2D eigenvalue weighted by atomic mass is 10.2. The summed E-state index contributed by atoms with van der Waals surface area (Å²) < 4.78 is 35.1. The summed E-state index contributed by atoms with van der Waals surface area (Å²) in [6.45, 7) is 6.50. The lowest BCUT2D eigenvalue weighted by Crippen LogP contribution is -2.37. The first-order chi connectivity index (χ1) is 13.8. The smallest absolute Gasteiger partial charge is 0.243 e. The zero-order valence-electron chi connectivity index (χ0n) is 17.2. The van der Waals surface area contributed by atoms with Crippen molar-refractivity contribution >= 4 is 10.0 Å². The molecule has 0 fully saturated rings. The first-order valence-corrected chi connectivity index (χ1v) is 11.0. The van der Waals surface area contributed by atoms with Crippen LogP contribution in [0.15, 0.2) is 65.8 Å². The van der Waals surface area contributed by atoms with E-state index in [0.717, 1.165) is 16.9 Å². The summed E-state index contributed by atoms with van der Waals surface area (Å²) in [6.07, 6.45) is 3.58. The summed E-state index contributed by atoms with van der Waals surface area (Å²) in [5, 5.41) is 0. The van der Waals surface area contributed by atoms with Gasteiger partial charge in [0.05, 0.1) is 18.6 Å². The zero-order valence-corrected chi connectivity index (χ0v) is 18.1. The highest BCUT2D eigenvalue weighted by molar-refractivity contribution is 7.89. The normalized spacial score (nSPS) is 11.9. The molecule has 0 unspecified atom stereocenters. The van der Waals surface area contributed by atoms with Crippen molar-refractivity contribution in [2.75, 3.05) is 7.11 Å². The molecule has 0 N–H and O–H groups in total. The summed E-state index contributed by atoms with van der Waals surface area (Å²) in [7, 11) is -1.99. The SMILES string of the molecule is COc1ccc(Cn2ccnc2CN(C(C)C)S(=O)(=O)c2ccc(C)cc2)cc1. The number of benzene rings is 2. The summed E-state index contributed by atoms with van der Waals surface area (Å²) in [5.41, 5.74) is 2.11. The maximum absolute atomic E-state index is 13.2. The van der Waals surface area contributed by atoms with Gasteiger partial charge in [-0.25, -0.2) is 13.4 Å². The van der Waals surface area contributed by atoms with Gasteiger partial charge in [0.2, 0.25) is 10.0 Å². The van der Waals surface area contributed by atoms with Crippen LogP contribution in [0.5, 0.6) is 5.75 Å². The van der Waals surface area contributed by atoms with Crippen LogP contribution in [0, 0.1) is 6.92 Å². The minimum Gasteiger partial charge on any atom is -0.497 e. The second kappa shape index (κ2) is 8.80. The van der Waals surface area contributed by atoms with Crippen LogP contribution in [0.1, 0.15) is 30.8 Å². The molecule has 6 nitrogen and oxygen atoms in total. The van der Waals surface area contributed by atoms with Crippen molar-refractivity contribution in [3.63, 3.8) is 0 Å². The molecule has 1 aromatic heterocycles. The molecule has 0 aliphatic rings. The van der Waals surface area contributed by atoms with Crippen LogP contribution >= 0.6 is 0 Å². The minimum absolute atomic E-state index is 0.201. The second-order valence-electron chi connectivity index (χ2n) is 7.28. The van der Waals surface area contributed by atoms with E-state index in [1.807, 2.05) is 67.9 Å². The topological polar surface area (TPSA) is 64.4 Å². The van der Waals surface area contributed by atoms with E-state index in [4.69, 9.17) is 4.74 Å². The number of imidazole rings is 1. The molecule has 3 aromatic rings. The minimum atomic E-state index is -3.63. The van der Waals surface area contributed by atoms with Crippen molar-refractivity contribution in [3.05, 3.63) is 77.9 Å². The second-order valence-corrected chi connectivity index (χ2v) is 9.17. The highest BCUT2D eigenvalue weighted by Gasteiger charge is 2.28. The summed E-state index contributed by atoms with van der Waals surface area (Å²) in [5.74, 6) is 1.50. The molecule has 0 saturated heterocycles. The Bertz CT molecular complexity index is 1040. The van der Waals surface area contributed by atoms with E-state index in [2.05, 4.69) is 4.98 Å². The molecule has 0 aliphatic carbocycles. The Hall–Kier alpha value is -2.64. The first kappa shape index (κ1) is 21.1. The van der Waals surface area contributed by atoms with Gasteiger partial charge in [0.1, 0.15) is 11.6 Å². The van der Waals surface area contributed by atoms with E-state index in [-0.39, 0.29) is 12.6 Å². The van der Waals surface area contributed by atoms with E-state index in [9.17, 15) is 8.42 Å². The number of rotatable bonds is 8. The molecule has 29 heavy (non-hydrogen) atoms. The quantitative estimate of drug-likeness (QED) is 0.563. The molecule has 2 aromatic carbocycles. The number of hydrogen-bond acceptors (Lipinski definition) is 4. The van der Waals surface area contributed by atoms with Gasteiger partial charge in [-0.15, -0.1) is 0 Å². The standard InChI is InChI=1S/C22H27N3O3S/c1-17(2)25(29(26,27)21-11-5-18(3)6-12-21)16-22-23-13-14-24(22)15-19-7-9-20(28-4)10-8-19/h5-14,17H,15-16H2,1-4H3. The first-order valence-electron chi connectivity index (χ1n) is 9.52. The molecule has 1 heterocycles. The fourth-order valence-electron chi connectivity index (χ4n) is 3.09. The number of hydrogen-bond donors (Lipinski definition) is 0. The van der Waals surface area contributed by atoms with Gasteiger partial charge in [-0.3, -0.25) is 0 Å². The molecule has 0 saturated carbocycles. The maximum Gasteiger partial charge on any atom is 0.243 e. The van der Waals surface area contributed by atoms with Crippen molar-refractivity contribution < 1.29 is 13.2 Å². The Kier molecular flexibility index (Phi) is 6.39. The Morgan fingerprint density at radius 1 is 1.07 bits per heavy atom. The van der Waals surface area contributed by atoms with Gasteiger partial charge in [-0.2, -0.15) is 4.31 Å². The lowest BCUT2D eigenvalue weighted by molar-refractivity contribution is 0.336. The van der Waals surface area contributed by atoms with E-state index in [1.54, 1.807) is 25.4 Å². The van der Waals surface area contributed by atoms with Crippen LogP contribution < -0.4 is 4.74 Å². The van der Waals surface area contributed by atoms with Gasteiger partial charge in [0, 0.05) is 25.0 Å². The molecular weight excluding hydrogens is 386 g/mol. The van der Waals surface area contributed by atoms with Gasteiger partial charge in [-0.1, -0.05) is 29.8 Å². The molecule has 0 spiro atoms. The molecule has 154 valence electrons. The van der Waals surface area contributed by atoms with Crippen molar-refractivity contribution in [1.82, 2.24) is 13.9 Å². The summed E-state index contributed by atoms with van der Waals surface area (Å²) in [6, 6.07) is 14.5. The highest BCUT2D eigenvalue weighted by Crippen LogP contribution is 2.22. The average molecular weight is 414 g/mol. The van der Waals surface area contributed by atoms with Crippen LogP contribution in [0.25, 0.3) is 0 Å². The Balaban J connectivity index is 1.85. The molecule has 0 radical (unpaired) electrons. The van der Waals surface area contributed by atoms with Crippen LogP contribution in [-0.2, 0) is 23.1 Å². The van der Waals surface area contributed by atoms with E-state index in [1.165, 1.54) is 4.31 Å². The number of methoxy groups -OCH3 is 1. The molecular formula is C22H27N3O3S. The number of ether oxygens (including phenoxy) is 1.